The number of thioether (sulfide) groups is 1. The second kappa shape index (κ2) is 8.64. The molecule has 6 nitrogen and oxygen atoms in total. The molecular weight excluding hydrogens is 372 g/mol. The van der Waals surface area contributed by atoms with Crippen molar-refractivity contribution in [2.45, 2.75) is 25.7 Å². The van der Waals surface area contributed by atoms with Crippen molar-refractivity contribution in [3.8, 4) is 0 Å². The van der Waals surface area contributed by atoms with Crippen molar-refractivity contribution in [3.05, 3.63) is 34.9 Å². The van der Waals surface area contributed by atoms with Crippen molar-refractivity contribution >= 4 is 46.1 Å². The molecule has 0 unspecified atom stereocenters. The Morgan fingerprint density at radius 2 is 2.00 bits per heavy atom. The smallest absolute Gasteiger partial charge is 0.338 e. The highest BCUT2D eigenvalue weighted by Crippen LogP contribution is 2.22. The highest BCUT2D eigenvalue weighted by atomic mass is 32.2. The second-order valence-electron chi connectivity index (χ2n) is 6.22. The third kappa shape index (κ3) is 4.62. The molecule has 2 aliphatic rings. The molecule has 1 saturated heterocycles. The number of carbonyl (C=O) groups is 3. The van der Waals surface area contributed by atoms with Crippen LogP contribution in [-0.2, 0) is 27.2 Å². The maximum Gasteiger partial charge on any atom is 0.338 e. The topological polar surface area (TPSA) is 75.7 Å². The fourth-order valence-corrected chi connectivity index (χ4v) is 4.15. The van der Waals surface area contributed by atoms with E-state index in [0.717, 1.165) is 19.3 Å². The average molecular weight is 393 g/mol. The molecule has 1 heterocycles. The van der Waals surface area contributed by atoms with E-state index in [9.17, 15) is 14.4 Å². The largest absolute Gasteiger partial charge is 0.452 e. The van der Waals surface area contributed by atoms with Gasteiger partial charge in [-0.1, -0.05) is 30.0 Å². The molecule has 0 radical (unpaired) electrons. The van der Waals surface area contributed by atoms with Gasteiger partial charge in [-0.05, 0) is 48.9 Å². The van der Waals surface area contributed by atoms with Crippen molar-refractivity contribution < 1.29 is 19.1 Å². The first-order chi connectivity index (χ1) is 12.5. The molecule has 1 aliphatic heterocycles. The van der Waals surface area contributed by atoms with Gasteiger partial charge in [-0.15, -0.1) is 0 Å². The Morgan fingerprint density at radius 3 is 2.73 bits per heavy atom. The SMILES string of the molecule is O=C(COC(=O)c1ccc2c(c1)CCCC2)NCCN1C(=O)CSC1=S. The van der Waals surface area contributed by atoms with E-state index in [4.69, 9.17) is 17.0 Å². The van der Waals surface area contributed by atoms with Crippen LogP contribution in [0.3, 0.4) is 0 Å². The molecule has 1 N–H and O–H groups in total. The van der Waals surface area contributed by atoms with Crippen LogP contribution in [0.1, 0.15) is 34.3 Å². The van der Waals surface area contributed by atoms with Crippen LogP contribution in [0, 0.1) is 0 Å². The fourth-order valence-electron chi connectivity index (χ4n) is 3.03. The number of esters is 1. The van der Waals surface area contributed by atoms with Crippen LogP contribution >= 0.6 is 24.0 Å². The molecule has 1 aliphatic carbocycles. The Labute approximate surface area is 161 Å². The quantitative estimate of drug-likeness (QED) is 0.587. The van der Waals surface area contributed by atoms with Crippen molar-refractivity contribution in [3.63, 3.8) is 0 Å². The molecule has 26 heavy (non-hydrogen) atoms. The zero-order chi connectivity index (χ0) is 18.5. The number of benzene rings is 1. The number of aryl methyl sites for hydroxylation is 2. The van der Waals surface area contributed by atoms with Crippen LogP contribution in [0.5, 0.6) is 0 Å². The molecule has 0 bridgehead atoms. The molecule has 0 spiro atoms. The Kier molecular flexibility index (Phi) is 6.26. The van der Waals surface area contributed by atoms with E-state index in [-0.39, 0.29) is 19.1 Å². The van der Waals surface area contributed by atoms with Crippen LogP contribution in [0.4, 0.5) is 0 Å². The lowest BCUT2D eigenvalue weighted by Crippen LogP contribution is -2.38. The van der Waals surface area contributed by atoms with Gasteiger partial charge in [-0.2, -0.15) is 0 Å². The van der Waals surface area contributed by atoms with Gasteiger partial charge in [0.2, 0.25) is 5.91 Å². The molecule has 138 valence electrons. The fraction of sp³-hybridized carbons (Fsp3) is 0.444. The number of rotatable bonds is 6. The minimum atomic E-state index is -0.499. The van der Waals surface area contributed by atoms with Crippen molar-refractivity contribution in [2.24, 2.45) is 0 Å². The van der Waals surface area contributed by atoms with Crippen LogP contribution in [0.2, 0.25) is 0 Å². The molecular formula is C18H20N2O4S2. The molecule has 8 heteroatoms. The second-order valence-corrected chi connectivity index (χ2v) is 7.83. The van der Waals surface area contributed by atoms with E-state index in [1.807, 2.05) is 12.1 Å². The van der Waals surface area contributed by atoms with Gasteiger partial charge in [0.15, 0.2) is 6.61 Å². The molecule has 0 saturated carbocycles. The highest BCUT2D eigenvalue weighted by Gasteiger charge is 2.26. The first kappa shape index (κ1) is 18.8. The predicted molar refractivity (Wildman–Crippen MR) is 103 cm³/mol. The van der Waals surface area contributed by atoms with Gasteiger partial charge in [0, 0.05) is 13.1 Å². The molecule has 1 aromatic rings. The number of hydrogen-bond acceptors (Lipinski definition) is 6. The minimum Gasteiger partial charge on any atom is -0.452 e. The Morgan fingerprint density at radius 1 is 1.23 bits per heavy atom. The summed E-state index contributed by atoms with van der Waals surface area (Å²) in [5.74, 6) is -0.596. The third-order valence-corrected chi connectivity index (χ3v) is 5.85. The maximum atomic E-state index is 12.1. The summed E-state index contributed by atoms with van der Waals surface area (Å²) in [5.41, 5.74) is 2.96. The molecule has 0 atom stereocenters. The molecule has 1 aromatic carbocycles. The van der Waals surface area contributed by atoms with E-state index in [0.29, 0.717) is 22.2 Å². The normalized spacial score (nSPS) is 16.4. The van der Waals surface area contributed by atoms with Gasteiger partial charge >= 0.3 is 5.97 Å². The van der Waals surface area contributed by atoms with Gasteiger partial charge in [-0.3, -0.25) is 14.5 Å². The number of nitrogens with one attached hydrogen (secondary N) is 1. The Hall–Kier alpha value is -1.93. The van der Waals surface area contributed by atoms with Crippen molar-refractivity contribution in [1.82, 2.24) is 10.2 Å². The van der Waals surface area contributed by atoms with E-state index in [1.165, 1.54) is 34.2 Å². The van der Waals surface area contributed by atoms with Crippen molar-refractivity contribution in [2.75, 3.05) is 25.4 Å². The molecule has 3 rings (SSSR count). The average Bonchev–Trinajstić information content (AvgIpc) is 2.97. The number of thiocarbonyl (C=S) groups is 1. The Balaban J connectivity index is 1.42. The van der Waals surface area contributed by atoms with E-state index in [1.54, 1.807) is 6.07 Å². The molecule has 2 amide bonds. The first-order valence-corrected chi connectivity index (χ1v) is 9.97. The highest BCUT2D eigenvalue weighted by molar-refractivity contribution is 8.23. The lowest BCUT2D eigenvalue weighted by Gasteiger charge is -2.16. The van der Waals surface area contributed by atoms with Gasteiger partial charge in [0.05, 0.1) is 11.3 Å². The zero-order valence-corrected chi connectivity index (χ0v) is 15.9. The summed E-state index contributed by atoms with van der Waals surface area (Å²) in [6, 6.07) is 5.59. The minimum absolute atomic E-state index is 0.0481. The number of hydrogen-bond donors (Lipinski definition) is 1. The monoisotopic (exact) mass is 392 g/mol. The summed E-state index contributed by atoms with van der Waals surface area (Å²) < 4.78 is 5.61. The number of nitrogens with zero attached hydrogens (tertiary/aromatic N) is 1. The van der Waals surface area contributed by atoms with Gasteiger partial charge in [-0.25, -0.2) is 4.79 Å². The van der Waals surface area contributed by atoms with Crippen LogP contribution < -0.4 is 5.32 Å². The maximum absolute atomic E-state index is 12.1. The summed E-state index contributed by atoms with van der Waals surface area (Å²) in [4.78, 5) is 37.0. The van der Waals surface area contributed by atoms with E-state index in [2.05, 4.69) is 5.32 Å². The summed E-state index contributed by atoms with van der Waals surface area (Å²) in [5, 5.41) is 2.63. The number of amides is 2. The summed E-state index contributed by atoms with van der Waals surface area (Å²) in [7, 11) is 0. The van der Waals surface area contributed by atoms with Gasteiger partial charge < -0.3 is 10.1 Å². The summed E-state index contributed by atoms with van der Waals surface area (Å²) in [6.45, 7) is 0.250. The Bertz CT molecular complexity index is 735. The van der Waals surface area contributed by atoms with Gasteiger partial charge in [0.25, 0.3) is 5.91 Å². The van der Waals surface area contributed by atoms with E-state index < -0.39 is 11.9 Å². The van der Waals surface area contributed by atoms with Crippen LogP contribution in [-0.4, -0.2) is 52.5 Å². The lowest BCUT2D eigenvalue weighted by atomic mass is 9.90. The summed E-state index contributed by atoms with van der Waals surface area (Å²) >= 11 is 6.38. The third-order valence-electron chi connectivity index (χ3n) is 4.42. The predicted octanol–water partition coefficient (Wildman–Crippen LogP) is 1.70. The number of ether oxygens (including phenoxy) is 1. The zero-order valence-electron chi connectivity index (χ0n) is 14.3. The lowest BCUT2D eigenvalue weighted by molar-refractivity contribution is -0.126. The molecule has 1 fully saturated rings. The summed E-state index contributed by atoms with van der Waals surface area (Å²) in [6.07, 6.45) is 4.35. The first-order valence-electron chi connectivity index (χ1n) is 8.57. The molecule has 0 aromatic heterocycles. The van der Waals surface area contributed by atoms with Crippen LogP contribution in [0.25, 0.3) is 0 Å². The number of carbonyl (C=O) groups excluding carboxylic acids is 3. The van der Waals surface area contributed by atoms with Crippen LogP contribution in [0.15, 0.2) is 18.2 Å². The van der Waals surface area contributed by atoms with E-state index >= 15 is 0 Å². The standard InChI is InChI=1S/C18H20N2O4S2/c21-15(19-7-8-20-16(22)11-26-18(20)25)10-24-17(23)14-6-5-12-3-1-2-4-13(12)9-14/h5-6,9H,1-4,7-8,10-11H2,(H,19,21). The van der Waals surface area contributed by atoms with Gasteiger partial charge in [0.1, 0.15) is 4.32 Å². The van der Waals surface area contributed by atoms with Crippen molar-refractivity contribution in [1.29, 1.82) is 0 Å². The number of fused-ring (bicyclic) bond motifs is 1.